The van der Waals surface area contributed by atoms with Gasteiger partial charge in [0.15, 0.2) is 11.4 Å². The molecule has 4 heterocycles. The number of hydrogen-bond acceptors (Lipinski definition) is 7. The van der Waals surface area contributed by atoms with E-state index in [4.69, 9.17) is 24.3 Å². The maximum atomic E-state index is 12.9. The van der Waals surface area contributed by atoms with E-state index in [1.54, 1.807) is 7.11 Å². The van der Waals surface area contributed by atoms with E-state index in [0.717, 1.165) is 51.8 Å². The van der Waals surface area contributed by atoms with Crippen molar-refractivity contribution in [3.63, 3.8) is 0 Å². The van der Waals surface area contributed by atoms with Crippen molar-refractivity contribution in [2.24, 2.45) is 0 Å². The fraction of sp³-hybridized carbons (Fsp3) is 0.458. The number of carbonyl (C=O) groups is 1. The summed E-state index contributed by atoms with van der Waals surface area (Å²) in [4.78, 5) is 19.6. The molecule has 0 bridgehead atoms. The second-order valence-electron chi connectivity index (χ2n) is 8.41. The first kappa shape index (κ1) is 22.2. The summed E-state index contributed by atoms with van der Waals surface area (Å²) >= 11 is 1.49. The number of piperidine rings is 1. The van der Waals surface area contributed by atoms with Crippen LogP contribution >= 0.6 is 11.8 Å². The number of fused-ring (bicyclic) bond motifs is 1. The van der Waals surface area contributed by atoms with E-state index in [2.05, 4.69) is 0 Å². The number of aryl methyl sites for hydroxylation is 2. The molecule has 8 nitrogen and oxygen atoms in total. The van der Waals surface area contributed by atoms with Crippen LogP contribution < -0.4 is 4.74 Å². The molecule has 0 atom stereocenters. The van der Waals surface area contributed by atoms with Crippen LogP contribution in [0.2, 0.25) is 0 Å². The van der Waals surface area contributed by atoms with E-state index in [9.17, 15) is 4.79 Å². The van der Waals surface area contributed by atoms with Crippen molar-refractivity contribution in [3.8, 4) is 16.9 Å². The maximum absolute atomic E-state index is 12.9. The number of methoxy groups -OCH3 is 1. The molecule has 1 amide bonds. The second-order valence-corrected chi connectivity index (χ2v) is 9.40. The molecule has 0 aliphatic carbocycles. The van der Waals surface area contributed by atoms with E-state index >= 15 is 0 Å². The Bertz CT molecular complexity index is 1180. The van der Waals surface area contributed by atoms with Crippen molar-refractivity contribution in [2.75, 3.05) is 39.2 Å². The number of amides is 1. The number of nitrogens with zero attached hydrogens (tertiary/aromatic N) is 4. The lowest BCUT2D eigenvalue weighted by Crippen LogP contribution is -2.47. The summed E-state index contributed by atoms with van der Waals surface area (Å²) in [7, 11) is 1.67. The Hall–Kier alpha value is -2.62. The topological polar surface area (TPSA) is 78.2 Å². The standard InChI is InChI=1S/C24H28N4O4S/c1-16-14-21(33-15-20(29)27-10-8-24(9-11-27)31-12-13-32-24)28-23(25-16)22(17(2)26-28)18-6-4-5-7-19(18)30-3/h4-7,14H,8-13,15H2,1-3H3. The SMILES string of the molecule is COc1ccccc1-c1c(C)nn2c(SCC(=O)N3CCC4(CC3)OCCO4)cc(C)nc12. The number of aromatic nitrogens is 3. The van der Waals surface area contributed by atoms with E-state index in [0.29, 0.717) is 32.1 Å². The molecule has 1 spiro atoms. The van der Waals surface area contributed by atoms with Gasteiger partial charge in [-0.15, -0.1) is 0 Å². The van der Waals surface area contributed by atoms with E-state index in [1.807, 2.05) is 53.6 Å². The van der Waals surface area contributed by atoms with Gasteiger partial charge in [0.2, 0.25) is 5.91 Å². The minimum Gasteiger partial charge on any atom is -0.496 e. The molecule has 174 valence electrons. The van der Waals surface area contributed by atoms with Crippen molar-refractivity contribution in [1.29, 1.82) is 0 Å². The van der Waals surface area contributed by atoms with Gasteiger partial charge in [-0.3, -0.25) is 4.79 Å². The quantitative estimate of drug-likeness (QED) is 0.419. The van der Waals surface area contributed by atoms with Crippen molar-refractivity contribution in [1.82, 2.24) is 19.5 Å². The zero-order chi connectivity index (χ0) is 23.0. The summed E-state index contributed by atoms with van der Waals surface area (Å²) in [5, 5.41) is 5.66. The van der Waals surface area contributed by atoms with Gasteiger partial charge in [0.05, 0.1) is 37.3 Å². The molecular formula is C24H28N4O4S. The van der Waals surface area contributed by atoms with Crippen molar-refractivity contribution >= 4 is 23.3 Å². The van der Waals surface area contributed by atoms with Gasteiger partial charge in [0, 0.05) is 37.2 Å². The first-order chi connectivity index (χ1) is 16.0. The molecular weight excluding hydrogens is 440 g/mol. The molecule has 2 saturated heterocycles. The van der Waals surface area contributed by atoms with Crippen LogP contribution in [0.15, 0.2) is 35.4 Å². The van der Waals surface area contributed by atoms with E-state index in [-0.39, 0.29) is 5.91 Å². The highest BCUT2D eigenvalue weighted by atomic mass is 32.2. The molecule has 0 unspecified atom stereocenters. The van der Waals surface area contributed by atoms with Crippen LogP contribution in [0.3, 0.4) is 0 Å². The van der Waals surface area contributed by atoms with Crippen LogP contribution in [0.4, 0.5) is 0 Å². The summed E-state index contributed by atoms with van der Waals surface area (Å²) in [6, 6.07) is 9.86. The molecule has 5 rings (SSSR count). The molecule has 1 aromatic carbocycles. The first-order valence-electron chi connectivity index (χ1n) is 11.2. The number of para-hydroxylation sites is 1. The summed E-state index contributed by atoms with van der Waals surface area (Å²) in [6.07, 6.45) is 1.45. The number of likely N-dealkylation sites (tertiary alicyclic amines) is 1. The molecule has 33 heavy (non-hydrogen) atoms. The van der Waals surface area contributed by atoms with Crippen LogP contribution in [0.1, 0.15) is 24.2 Å². The van der Waals surface area contributed by atoms with E-state index < -0.39 is 5.79 Å². The second kappa shape index (κ2) is 8.96. The van der Waals surface area contributed by atoms with Crippen LogP contribution in [-0.2, 0) is 14.3 Å². The van der Waals surface area contributed by atoms with Gasteiger partial charge in [-0.05, 0) is 26.0 Å². The lowest BCUT2D eigenvalue weighted by atomic mass is 10.0. The fourth-order valence-electron chi connectivity index (χ4n) is 4.59. The highest BCUT2D eigenvalue weighted by Gasteiger charge is 2.40. The van der Waals surface area contributed by atoms with Crippen molar-refractivity contribution in [2.45, 2.75) is 37.5 Å². The van der Waals surface area contributed by atoms with Gasteiger partial charge < -0.3 is 19.1 Å². The Labute approximate surface area is 197 Å². The van der Waals surface area contributed by atoms with Crippen molar-refractivity contribution in [3.05, 3.63) is 41.7 Å². The molecule has 3 aromatic rings. The van der Waals surface area contributed by atoms with E-state index in [1.165, 1.54) is 11.8 Å². The lowest BCUT2D eigenvalue weighted by Gasteiger charge is -2.37. The molecule has 2 aromatic heterocycles. The first-order valence-corrected chi connectivity index (χ1v) is 12.2. The summed E-state index contributed by atoms with van der Waals surface area (Å²) in [6.45, 7) is 6.53. The molecule has 9 heteroatoms. The van der Waals surface area contributed by atoms with Gasteiger partial charge in [-0.25, -0.2) is 9.50 Å². The van der Waals surface area contributed by atoms with Crippen LogP contribution in [0.5, 0.6) is 5.75 Å². The van der Waals surface area contributed by atoms with Crippen LogP contribution in [-0.4, -0.2) is 70.4 Å². The Balaban J connectivity index is 1.36. The number of benzene rings is 1. The third-order valence-electron chi connectivity index (χ3n) is 6.27. The monoisotopic (exact) mass is 468 g/mol. The predicted octanol–water partition coefficient (Wildman–Crippen LogP) is 3.48. The Morgan fingerprint density at radius 2 is 1.91 bits per heavy atom. The number of rotatable bonds is 5. The minimum atomic E-state index is -0.472. The Kier molecular flexibility index (Phi) is 6.03. The zero-order valence-electron chi connectivity index (χ0n) is 19.2. The lowest BCUT2D eigenvalue weighted by molar-refractivity contribution is -0.186. The number of carbonyl (C=O) groups excluding carboxylic acids is 1. The van der Waals surface area contributed by atoms with Crippen LogP contribution in [0.25, 0.3) is 16.8 Å². The average Bonchev–Trinajstić information content (AvgIpc) is 3.41. The highest BCUT2D eigenvalue weighted by Crippen LogP contribution is 2.36. The smallest absolute Gasteiger partial charge is 0.232 e. The Morgan fingerprint density at radius 3 is 2.64 bits per heavy atom. The number of thioether (sulfide) groups is 1. The molecule has 2 fully saturated rings. The maximum Gasteiger partial charge on any atom is 0.232 e. The largest absolute Gasteiger partial charge is 0.496 e. The predicted molar refractivity (Wildman–Crippen MR) is 126 cm³/mol. The normalized spacial score (nSPS) is 17.7. The van der Waals surface area contributed by atoms with Gasteiger partial charge in [-0.1, -0.05) is 30.0 Å². The molecule has 2 aliphatic heterocycles. The molecule has 2 aliphatic rings. The summed E-state index contributed by atoms with van der Waals surface area (Å²) in [5.41, 5.74) is 4.41. The van der Waals surface area contributed by atoms with Crippen molar-refractivity contribution < 1.29 is 19.0 Å². The molecule has 0 N–H and O–H groups in total. The zero-order valence-corrected chi connectivity index (χ0v) is 20.0. The molecule has 0 radical (unpaired) electrons. The Morgan fingerprint density at radius 1 is 1.18 bits per heavy atom. The fourth-order valence-corrected chi connectivity index (χ4v) is 5.55. The summed E-state index contributed by atoms with van der Waals surface area (Å²) < 4.78 is 19.0. The van der Waals surface area contributed by atoms with Gasteiger partial charge in [0.1, 0.15) is 10.8 Å². The highest BCUT2D eigenvalue weighted by molar-refractivity contribution is 7.99. The average molecular weight is 469 g/mol. The summed E-state index contributed by atoms with van der Waals surface area (Å²) in [5.74, 6) is 0.765. The number of hydrogen-bond donors (Lipinski definition) is 0. The minimum absolute atomic E-state index is 0.115. The third kappa shape index (κ3) is 4.20. The van der Waals surface area contributed by atoms with Gasteiger partial charge in [0.25, 0.3) is 0 Å². The van der Waals surface area contributed by atoms with Crippen LogP contribution in [0, 0.1) is 13.8 Å². The number of ether oxygens (including phenoxy) is 3. The molecule has 0 saturated carbocycles. The van der Waals surface area contributed by atoms with Gasteiger partial charge >= 0.3 is 0 Å². The third-order valence-corrected chi connectivity index (χ3v) is 7.25. The van der Waals surface area contributed by atoms with Gasteiger partial charge in [-0.2, -0.15) is 5.10 Å².